The molecule has 0 saturated carbocycles. The van der Waals surface area contributed by atoms with Gasteiger partial charge in [0.1, 0.15) is 5.49 Å². The van der Waals surface area contributed by atoms with E-state index < -0.39 is 0 Å². The summed E-state index contributed by atoms with van der Waals surface area (Å²) in [4.78, 5) is 4.04. The van der Waals surface area contributed by atoms with Crippen molar-refractivity contribution in [2.24, 2.45) is 10.1 Å². The van der Waals surface area contributed by atoms with E-state index in [1.165, 1.54) is 6.21 Å². The van der Waals surface area contributed by atoms with Gasteiger partial charge in [-0.2, -0.15) is 0 Å². The summed E-state index contributed by atoms with van der Waals surface area (Å²) >= 11 is 0. The Morgan fingerprint density at radius 1 is 1.58 bits per heavy atom. The molecule has 0 aliphatic rings. The summed E-state index contributed by atoms with van der Waals surface area (Å²) in [5.74, 6) is 0. The van der Waals surface area contributed by atoms with Crippen LogP contribution in [-0.2, 0) is 6.54 Å². The SMILES string of the molecule is CN=c1ccccn1C/C=N/O. The lowest BCUT2D eigenvalue weighted by Gasteiger charge is -2.00. The van der Waals surface area contributed by atoms with E-state index >= 15 is 0 Å². The van der Waals surface area contributed by atoms with E-state index in [9.17, 15) is 0 Å². The molecule has 1 heterocycles. The Kier molecular flexibility index (Phi) is 3.07. The molecule has 0 amide bonds. The minimum absolute atomic E-state index is 0.532. The van der Waals surface area contributed by atoms with Crippen molar-refractivity contribution in [3.63, 3.8) is 0 Å². The van der Waals surface area contributed by atoms with Crippen molar-refractivity contribution < 1.29 is 5.21 Å². The smallest absolute Gasteiger partial charge is 0.127 e. The Labute approximate surface area is 70.5 Å². The van der Waals surface area contributed by atoms with Gasteiger partial charge in [-0.25, -0.2) is 0 Å². The second-order valence-electron chi connectivity index (χ2n) is 2.23. The van der Waals surface area contributed by atoms with Gasteiger partial charge in [0.2, 0.25) is 0 Å². The third-order valence-corrected chi connectivity index (χ3v) is 1.51. The summed E-state index contributed by atoms with van der Waals surface area (Å²) in [7, 11) is 1.72. The zero-order valence-corrected chi connectivity index (χ0v) is 6.88. The van der Waals surface area contributed by atoms with Crippen LogP contribution >= 0.6 is 0 Å². The van der Waals surface area contributed by atoms with E-state index in [1.54, 1.807) is 7.05 Å². The van der Waals surface area contributed by atoms with E-state index in [0.29, 0.717) is 6.54 Å². The molecule has 0 radical (unpaired) electrons. The predicted molar refractivity (Wildman–Crippen MR) is 46.2 cm³/mol. The maximum atomic E-state index is 8.22. The lowest BCUT2D eigenvalue weighted by Crippen LogP contribution is -2.19. The van der Waals surface area contributed by atoms with Gasteiger partial charge in [-0.1, -0.05) is 6.07 Å². The van der Waals surface area contributed by atoms with Gasteiger partial charge in [0.25, 0.3) is 0 Å². The lowest BCUT2D eigenvalue weighted by molar-refractivity contribution is 0.320. The first kappa shape index (κ1) is 8.52. The number of oxime groups is 1. The molecule has 1 rings (SSSR count). The standard InChI is InChI=1S/C8H11N3O/c1-9-8-4-2-3-6-11(8)7-5-10-12/h2-6,12H,7H2,1H3/b9-8?,10-5+. The van der Waals surface area contributed by atoms with Crippen LogP contribution in [0.3, 0.4) is 0 Å². The number of aromatic nitrogens is 1. The van der Waals surface area contributed by atoms with Crippen molar-refractivity contribution in [3.05, 3.63) is 29.9 Å². The third-order valence-electron chi connectivity index (χ3n) is 1.51. The molecule has 12 heavy (non-hydrogen) atoms. The Morgan fingerprint density at radius 3 is 3.08 bits per heavy atom. The fourth-order valence-electron chi connectivity index (χ4n) is 0.949. The Bertz CT molecular complexity index is 327. The number of nitrogens with zero attached hydrogens (tertiary/aromatic N) is 3. The average Bonchev–Trinajstić information content (AvgIpc) is 2.15. The van der Waals surface area contributed by atoms with Gasteiger partial charge < -0.3 is 9.77 Å². The first-order chi connectivity index (χ1) is 5.88. The van der Waals surface area contributed by atoms with Gasteiger partial charge in [0.05, 0.1) is 12.8 Å². The molecule has 1 N–H and O–H groups in total. The second-order valence-corrected chi connectivity index (χ2v) is 2.23. The van der Waals surface area contributed by atoms with Crippen LogP contribution in [-0.4, -0.2) is 23.0 Å². The van der Waals surface area contributed by atoms with Crippen LogP contribution in [0.2, 0.25) is 0 Å². The molecule has 0 unspecified atom stereocenters. The van der Waals surface area contributed by atoms with Crippen LogP contribution in [0.15, 0.2) is 34.5 Å². The number of pyridine rings is 1. The molecule has 1 aromatic heterocycles. The van der Waals surface area contributed by atoms with Crippen molar-refractivity contribution in [2.45, 2.75) is 6.54 Å². The van der Waals surface area contributed by atoms with Gasteiger partial charge in [-0.05, 0) is 12.1 Å². The highest BCUT2D eigenvalue weighted by atomic mass is 16.4. The Hall–Kier alpha value is -1.58. The molecule has 0 aliphatic carbocycles. The highest BCUT2D eigenvalue weighted by Crippen LogP contribution is 1.80. The van der Waals surface area contributed by atoms with Crippen LogP contribution in [0.1, 0.15) is 0 Å². The quantitative estimate of drug-likeness (QED) is 0.387. The van der Waals surface area contributed by atoms with Crippen molar-refractivity contribution in [1.82, 2.24) is 4.57 Å². The highest BCUT2D eigenvalue weighted by molar-refractivity contribution is 5.55. The topological polar surface area (TPSA) is 49.9 Å². The summed E-state index contributed by atoms with van der Waals surface area (Å²) in [6, 6.07) is 5.71. The molecule has 0 fully saturated rings. The first-order valence-corrected chi connectivity index (χ1v) is 3.62. The molecule has 1 aromatic rings. The maximum absolute atomic E-state index is 8.22. The largest absolute Gasteiger partial charge is 0.411 e. The summed E-state index contributed by atoms with van der Waals surface area (Å²) in [5.41, 5.74) is 0.859. The monoisotopic (exact) mass is 165 g/mol. The molecule has 0 aliphatic heterocycles. The number of rotatable bonds is 2. The van der Waals surface area contributed by atoms with E-state index in [2.05, 4.69) is 10.1 Å². The Balaban J connectivity index is 2.98. The summed E-state index contributed by atoms with van der Waals surface area (Å²) < 4.78 is 1.87. The normalized spacial score (nSPS) is 12.6. The summed E-state index contributed by atoms with van der Waals surface area (Å²) in [6.45, 7) is 0.532. The summed E-state index contributed by atoms with van der Waals surface area (Å²) in [5, 5.41) is 11.1. The molecule has 0 spiro atoms. The van der Waals surface area contributed by atoms with Crippen molar-refractivity contribution in [2.75, 3.05) is 7.05 Å². The number of hydrogen-bond donors (Lipinski definition) is 1. The molecule has 4 heteroatoms. The first-order valence-electron chi connectivity index (χ1n) is 3.62. The van der Waals surface area contributed by atoms with Crippen LogP contribution in [0.25, 0.3) is 0 Å². The van der Waals surface area contributed by atoms with Gasteiger partial charge in [-0.3, -0.25) is 4.99 Å². The van der Waals surface area contributed by atoms with E-state index in [-0.39, 0.29) is 0 Å². The Morgan fingerprint density at radius 2 is 2.42 bits per heavy atom. The number of hydrogen-bond acceptors (Lipinski definition) is 3. The second kappa shape index (κ2) is 4.33. The third kappa shape index (κ3) is 1.95. The molecular formula is C8H11N3O. The van der Waals surface area contributed by atoms with Gasteiger partial charge >= 0.3 is 0 Å². The molecule has 64 valence electrons. The lowest BCUT2D eigenvalue weighted by atomic mass is 10.4. The van der Waals surface area contributed by atoms with Crippen molar-refractivity contribution >= 4 is 6.21 Å². The molecule has 0 aromatic carbocycles. The fourth-order valence-corrected chi connectivity index (χ4v) is 0.949. The average molecular weight is 165 g/mol. The maximum Gasteiger partial charge on any atom is 0.127 e. The van der Waals surface area contributed by atoms with Gasteiger partial charge in [0, 0.05) is 13.2 Å². The molecular weight excluding hydrogens is 154 g/mol. The minimum Gasteiger partial charge on any atom is -0.411 e. The molecule has 4 nitrogen and oxygen atoms in total. The molecule has 0 saturated heterocycles. The van der Waals surface area contributed by atoms with Gasteiger partial charge in [-0.15, -0.1) is 5.16 Å². The van der Waals surface area contributed by atoms with E-state index in [1.807, 2.05) is 29.0 Å². The van der Waals surface area contributed by atoms with Crippen LogP contribution in [0, 0.1) is 0 Å². The van der Waals surface area contributed by atoms with E-state index in [4.69, 9.17) is 5.21 Å². The summed E-state index contributed by atoms with van der Waals surface area (Å²) in [6.07, 6.45) is 3.29. The van der Waals surface area contributed by atoms with Gasteiger partial charge in [0.15, 0.2) is 0 Å². The van der Waals surface area contributed by atoms with Crippen LogP contribution in [0.5, 0.6) is 0 Å². The highest BCUT2D eigenvalue weighted by Gasteiger charge is 1.86. The zero-order chi connectivity index (χ0) is 8.81. The zero-order valence-electron chi connectivity index (χ0n) is 6.88. The molecule has 0 bridgehead atoms. The van der Waals surface area contributed by atoms with Crippen molar-refractivity contribution in [3.8, 4) is 0 Å². The fraction of sp³-hybridized carbons (Fsp3) is 0.250. The predicted octanol–water partition coefficient (Wildman–Crippen LogP) is 0.479. The molecule has 0 atom stereocenters. The van der Waals surface area contributed by atoms with Crippen molar-refractivity contribution in [1.29, 1.82) is 0 Å². The van der Waals surface area contributed by atoms with Crippen LogP contribution < -0.4 is 5.49 Å². The van der Waals surface area contributed by atoms with Crippen LogP contribution in [0.4, 0.5) is 0 Å². The van der Waals surface area contributed by atoms with E-state index in [0.717, 1.165) is 5.49 Å². The minimum atomic E-state index is 0.532.